The van der Waals surface area contributed by atoms with Gasteiger partial charge in [-0.05, 0) is 31.0 Å². The zero-order chi connectivity index (χ0) is 13.4. The molecule has 0 aromatic heterocycles. The van der Waals surface area contributed by atoms with Gasteiger partial charge in [0.05, 0.1) is 5.56 Å². The second-order valence-corrected chi connectivity index (χ2v) is 5.29. The van der Waals surface area contributed by atoms with Gasteiger partial charge in [-0.1, -0.05) is 0 Å². The van der Waals surface area contributed by atoms with Crippen molar-refractivity contribution in [2.45, 2.75) is 18.9 Å². The fourth-order valence-corrected chi connectivity index (χ4v) is 2.63. The molecule has 0 atom stereocenters. The van der Waals surface area contributed by atoms with E-state index in [9.17, 15) is 9.18 Å². The number of hydrogen-bond donors (Lipinski definition) is 1. The van der Waals surface area contributed by atoms with Crippen molar-refractivity contribution in [3.63, 3.8) is 0 Å². The summed E-state index contributed by atoms with van der Waals surface area (Å²) < 4.78 is 13.0. The van der Waals surface area contributed by atoms with Crippen LogP contribution in [0.15, 0.2) is 18.2 Å². The fraction of sp³-hybridized carbons (Fsp3) is 0.500. The van der Waals surface area contributed by atoms with Gasteiger partial charge >= 0.3 is 0 Å². The van der Waals surface area contributed by atoms with Crippen molar-refractivity contribution in [2.75, 3.05) is 31.9 Å². The molecule has 0 spiro atoms. The first-order valence-corrected chi connectivity index (χ1v) is 6.73. The maximum absolute atomic E-state index is 13.0. The lowest BCUT2D eigenvalue weighted by Gasteiger charge is -2.35. The van der Waals surface area contributed by atoms with E-state index in [0.29, 0.717) is 5.56 Å². The number of hydrogen-bond acceptors (Lipinski definition) is 3. The predicted molar refractivity (Wildman–Crippen MR) is 71.3 cm³/mol. The molecule has 1 amide bonds. The third-order valence-electron chi connectivity index (χ3n) is 3.91. The minimum absolute atomic E-state index is 0.0899. The quantitative estimate of drug-likeness (QED) is 0.819. The Hall–Kier alpha value is -1.62. The third kappa shape index (κ3) is 2.56. The van der Waals surface area contributed by atoms with Crippen LogP contribution in [0.2, 0.25) is 0 Å². The molecule has 0 bridgehead atoms. The molecule has 19 heavy (non-hydrogen) atoms. The van der Waals surface area contributed by atoms with Gasteiger partial charge in [0.25, 0.3) is 5.91 Å². The zero-order valence-corrected chi connectivity index (χ0v) is 10.8. The maximum atomic E-state index is 13.0. The van der Waals surface area contributed by atoms with Crippen LogP contribution in [-0.4, -0.2) is 47.9 Å². The van der Waals surface area contributed by atoms with Crippen molar-refractivity contribution in [3.8, 4) is 0 Å². The van der Waals surface area contributed by atoms with Gasteiger partial charge in [-0.3, -0.25) is 9.69 Å². The molecule has 4 nitrogen and oxygen atoms in total. The molecule has 1 saturated heterocycles. The van der Waals surface area contributed by atoms with E-state index in [0.717, 1.165) is 32.2 Å². The first-order valence-electron chi connectivity index (χ1n) is 6.73. The number of nitrogens with two attached hydrogens (primary N) is 1. The van der Waals surface area contributed by atoms with Gasteiger partial charge in [0, 0.05) is 37.9 Å². The number of carbonyl (C=O) groups excluding carboxylic acids is 1. The molecule has 0 unspecified atom stereocenters. The van der Waals surface area contributed by atoms with Crippen molar-refractivity contribution in [3.05, 3.63) is 29.6 Å². The van der Waals surface area contributed by atoms with E-state index in [-0.39, 0.29) is 11.6 Å². The van der Waals surface area contributed by atoms with Gasteiger partial charge in [-0.15, -0.1) is 0 Å². The first-order chi connectivity index (χ1) is 9.15. The van der Waals surface area contributed by atoms with Crippen molar-refractivity contribution in [1.82, 2.24) is 9.80 Å². The molecule has 1 aromatic carbocycles. The smallest absolute Gasteiger partial charge is 0.256 e. The molecule has 1 heterocycles. The second-order valence-electron chi connectivity index (χ2n) is 5.29. The fourth-order valence-electron chi connectivity index (χ4n) is 2.63. The van der Waals surface area contributed by atoms with Crippen LogP contribution in [0.1, 0.15) is 23.2 Å². The minimum Gasteiger partial charge on any atom is -0.398 e. The Morgan fingerprint density at radius 2 is 1.89 bits per heavy atom. The van der Waals surface area contributed by atoms with Crippen LogP contribution in [0.5, 0.6) is 0 Å². The van der Waals surface area contributed by atoms with Crippen LogP contribution in [0, 0.1) is 5.82 Å². The summed E-state index contributed by atoms with van der Waals surface area (Å²) in [7, 11) is 0. The Morgan fingerprint density at radius 1 is 1.21 bits per heavy atom. The van der Waals surface area contributed by atoms with Crippen molar-refractivity contribution in [2.24, 2.45) is 0 Å². The Bertz CT molecular complexity index is 493. The number of anilines is 1. The molecule has 102 valence electrons. The van der Waals surface area contributed by atoms with Crippen molar-refractivity contribution < 1.29 is 9.18 Å². The largest absolute Gasteiger partial charge is 0.398 e. The molecule has 1 aromatic rings. The Labute approximate surface area is 112 Å². The number of nitrogens with zero attached hydrogens (tertiary/aromatic N) is 2. The van der Waals surface area contributed by atoms with E-state index < -0.39 is 5.82 Å². The van der Waals surface area contributed by atoms with Gasteiger partial charge < -0.3 is 10.6 Å². The van der Waals surface area contributed by atoms with Crippen LogP contribution < -0.4 is 5.73 Å². The number of piperazine rings is 1. The molecule has 1 aliphatic heterocycles. The van der Waals surface area contributed by atoms with Gasteiger partial charge in [-0.2, -0.15) is 0 Å². The molecule has 0 radical (unpaired) electrons. The molecule has 5 heteroatoms. The lowest BCUT2D eigenvalue weighted by molar-refractivity contribution is 0.0628. The molecule has 2 aliphatic rings. The minimum atomic E-state index is -0.410. The van der Waals surface area contributed by atoms with Gasteiger partial charge in [0.2, 0.25) is 0 Å². The van der Waals surface area contributed by atoms with Crippen LogP contribution >= 0.6 is 0 Å². The Morgan fingerprint density at radius 3 is 2.47 bits per heavy atom. The standard InChI is InChI=1S/C14H18FN3O/c15-10-1-4-12(13(16)9-10)14(19)18-7-5-17(6-8-18)11-2-3-11/h1,4,9,11H,2-3,5-8,16H2. The van der Waals surface area contributed by atoms with Gasteiger partial charge in [0.15, 0.2) is 0 Å². The monoisotopic (exact) mass is 263 g/mol. The average Bonchev–Trinajstić information content (AvgIpc) is 3.22. The summed E-state index contributed by atoms with van der Waals surface area (Å²) in [5, 5.41) is 0. The van der Waals surface area contributed by atoms with Crippen LogP contribution in [0.25, 0.3) is 0 Å². The van der Waals surface area contributed by atoms with Crippen LogP contribution in [-0.2, 0) is 0 Å². The molecule has 3 rings (SSSR count). The van der Waals surface area contributed by atoms with E-state index in [1.165, 1.54) is 31.0 Å². The van der Waals surface area contributed by atoms with Gasteiger partial charge in [0.1, 0.15) is 5.82 Å². The highest BCUT2D eigenvalue weighted by Gasteiger charge is 2.32. The molecular formula is C14H18FN3O. The molecule has 1 saturated carbocycles. The highest BCUT2D eigenvalue weighted by atomic mass is 19.1. The summed E-state index contributed by atoms with van der Waals surface area (Å²) in [6.07, 6.45) is 2.58. The molecule has 2 fully saturated rings. The van der Waals surface area contributed by atoms with Crippen molar-refractivity contribution >= 4 is 11.6 Å². The van der Waals surface area contributed by atoms with Crippen LogP contribution in [0.4, 0.5) is 10.1 Å². The van der Waals surface area contributed by atoms with E-state index in [2.05, 4.69) is 4.90 Å². The summed E-state index contributed by atoms with van der Waals surface area (Å²) in [4.78, 5) is 16.6. The number of rotatable bonds is 2. The third-order valence-corrected chi connectivity index (χ3v) is 3.91. The second kappa shape index (κ2) is 4.81. The summed E-state index contributed by atoms with van der Waals surface area (Å²) in [6.45, 7) is 3.31. The predicted octanol–water partition coefficient (Wildman–Crippen LogP) is 1.33. The maximum Gasteiger partial charge on any atom is 0.256 e. The molecular weight excluding hydrogens is 245 g/mol. The highest BCUT2D eigenvalue weighted by Crippen LogP contribution is 2.27. The summed E-state index contributed by atoms with van der Waals surface area (Å²) >= 11 is 0. The zero-order valence-electron chi connectivity index (χ0n) is 10.8. The number of nitrogen functional groups attached to an aromatic ring is 1. The summed E-state index contributed by atoms with van der Waals surface area (Å²) in [5.74, 6) is -0.499. The first kappa shape index (κ1) is 12.4. The summed E-state index contributed by atoms with van der Waals surface area (Å²) in [6, 6.07) is 4.70. The van der Waals surface area contributed by atoms with E-state index in [1.807, 2.05) is 4.90 Å². The lowest BCUT2D eigenvalue weighted by Crippen LogP contribution is -2.49. The number of carbonyl (C=O) groups is 1. The normalized spacial score (nSPS) is 20.6. The average molecular weight is 263 g/mol. The van der Waals surface area contributed by atoms with E-state index in [4.69, 9.17) is 5.73 Å². The topological polar surface area (TPSA) is 49.6 Å². The van der Waals surface area contributed by atoms with Gasteiger partial charge in [-0.25, -0.2) is 4.39 Å². The number of halogens is 1. The number of benzene rings is 1. The SMILES string of the molecule is Nc1cc(F)ccc1C(=O)N1CCN(C2CC2)CC1. The van der Waals surface area contributed by atoms with Crippen molar-refractivity contribution in [1.29, 1.82) is 0 Å². The lowest BCUT2D eigenvalue weighted by atomic mass is 10.1. The Balaban J connectivity index is 1.67. The van der Waals surface area contributed by atoms with Crippen LogP contribution in [0.3, 0.4) is 0 Å². The highest BCUT2D eigenvalue weighted by molar-refractivity contribution is 5.99. The van der Waals surface area contributed by atoms with E-state index in [1.54, 1.807) is 0 Å². The molecule has 1 aliphatic carbocycles. The molecule has 2 N–H and O–H groups in total. The Kier molecular flexibility index (Phi) is 3.14. The van der Waals surface area contributed by atoms with E-state index >= 15 is 0 Å². The summed E-state index contributed by atoms with van der Waals surface area (Å²) in [5.41, 5.74) is 6.34. The number of amides is 1.